The highest BCUT2D eigenvalue weighted by Gasteiger charge is 2.35. The van der Waals surface area contributed by atoms with Crippen molar-refractivity contribution in [2.75, 3.05) is 6.61 Å². The SMILES string of the molecule is CC[C@H](C)[C@@H]1NC(=O)[C@H](CO)NC1=O. The van der Waals surface area contributed by atoms with Gasteiger partial charge in [-0.2, -0.15) is 0 Å². The fraction of sp³-hybridized carbons (Fsp3) is 0.778. The molecule has 1 saturated heterocycles. The van der Waals surface area contributed by atoms with Crippen molar-refractivity contribution >= 4 is 11.8 Å². The minimum absolute atomic E-state index is 0.110. The van der Waals surface area contributed by atoms with Gasteiger partial charge < -0.3 is 15.7 Å². The quantitative estimate of drug-likeness (QED) is 0.547. The molecule has 1 heterocycles. The first-order valence-corrected chi connectivity index (χ1v) is 4.81. The average molecular weight is 200 g/mol. The van der Waals surface area contributed by atoms with Crippen molar-refractivity contribution in [2.45, 2.75) is 32.4 Å². The molecule has 0 aromatic heterocycles. The van der Waals surface area contributed by atoms with Crippen LogP contribution in [0.25, 0.3) is 0 Å². The first-order valence-electron chi connectivity index (χ1n) is 4.81. The average Bonchev–Trinajstić information content (AvgIpc) is 2.19. The van der Waals surface area contributed by atoms with Crippen LogP contribution in [-0.2, 0) is 9.59 Å². The lowest BCUT2D eigenvalue weighted by Crippen LogP contribution is -2.64. The maximum absolute atomic E-state index is 11.5. The maximum atomic E-state index is 11.5. The van der Waals surface area contributed by atoms with E-state index in [1.165, 1.54) is 0 Å². The number of nitrogens with one attached hydrogen (secondary N) is 2. The van der Waals surface area contributed by atoms with Crippen molar-refractivity contribution in [3.05, 3.63) is 0 Å². The molecule has 1 rings (SSSR count). The molecule has 0 spiro atoms. The Bertz CT molecular complexity index is 242. The normalized spacial score (nSPS) is 29.4. The Morgan fingerprint density at radius 1 is 1.36 bits per heavy atom. The standard InChI is InChI=1S/C9H16N2O3/c1-3-5(2)7-9(14)10-6(4-12)8(13)11-7/h5-7,12H,3-4H2,1-2H3,(H,10,14)(H,11,13)/t5-,6-,7-/m0/s1. The highest BCUT2D eigenvalue weighted by molar-refractivity contribution is 5.97. The molecule has 0 aliphatic carbocycles. The molecule has 0 aromatic rings. The first kappa shape index (κ1) is 11.0. The molecule has 0 bridgehead atoms. The second kappa shape index (κ2) is 4.41. The van der Waals surface area contributed by atoms with Crippen LogP contribution in [0.4, 0.5) is 0 Å². The van der Waals surface area contributed by atoms with Gasteiger partial charge in [0.15, 0.2) is 0 Å². The zero-order chi connectivity index (χ0) is 10.7. The van der Waals surface area contributed by atoms with Crippen LogP contribution in [0.15, 0.2) is 0 Å². The van der Waals surface area contributed by atoms with E-state index in [4.69, 9.17) is 5.11 Å². The van der Waals surface area contributed by atoms with E-state index < -0.39 is 12.1 Å². The largest absolute Gasteiger partial charge is 0.394 e. The zero-order valence-electron chi connectivity index (χ0n) is 8.41. The molecular weight excluding hydrogens is 184 g/mol. The van der Waals surface area contributed by atoms with Gasteiger partial charge in [0.05, 0.1) is 6.61 Å². The van der Waals surface area contributed by atoms with E-state index in [2.05, 4.69) is 10.6 Å². The number of amides is 2. The van der Waals surface area contributed by atoms with Crippen LogP contribution >= 0.6 is 0 Å². The monoisotopic (exact) mass is 200 g/mol. The Balaban J connectivity index is 2.66. The molecule has 3 atom stereocenters. The van der Waals surface area contributed by atoms with Crippen molar-refractivity contribution < 1.29 is 14.7 Å². The summed E-state index contributed by atoms with van der Waals surface area (Å²) in [5.74, 6) is -0.408. The second-order valence-corrected chi connectivity index (χ2v) is 3.62. The van der Waals surface area contributed by atoms with E-state index in [0.717, 1.165) is 6.42 Å². The van der Waals surface area contributed by atoms with Gasteiger partial charge >= 0.3 is 0 Å². The predicted octanol–water partition coefficient (Wildman–Crippen LogP) is -0.992. The Hall–Kier alpha value is -1.10. The van der Waals surface area contributed by atoms with E-state index in [-0.39, 0.29) is 24.3 Å². The van der Waals surface area contributed by atoms with Gasteiger partial charge in [-0.3, -0.25) is 9.59 Å². The Kier molecular flexibility index (Phi) is 3.46. The number of aliphatic hydroxyl groups is 1. The maximum Gasteiger partial charge on any atom is 0.245 e. The fourth-order valence-corrected chi connectivity index (χ4v) is 1.41. The molecule has 5 nitrogen and oxygen atoms in total. The third kappa shape index (κ3) is 2.04. The van der Waals surface area contributed by atoms with Crippen LogP contribution < -0.4 is 10.6 Å². The lowest BCUT2D eigenvalue weighted by Gasteiger charge is -2.31. The highest BCUT2D eigenvalue weighted by atomic mass is 16.3. The van der Waals surface area contributed by atoms with E-state index in [1.807, 2.05) is 13.8 Å². The number of rotatable bonds is 3. The molecule has 0 radical (unpaired) electrons. The molecule has 1 aliphatic rings. The Morgan fingerprint density at radius 2 is 2.00 bits per heavy atom. The predicted molar refractivity (Wildman–Crippen MR) is 50.4 cm³/mol. The van der Waals surface area contributed by atoms with Gasteiger partial charge in [-0.15, -0.1) is 0 Å². The first-order chi connectivity index (χ1) is 6.60. The van der Waals surface area contributed by atoms with Crippen LogP contribution in [0.1, 0.15) is 20.3 Å². The van der Waals surface area contributed by atoms with Gasteiger partial charge in [-0.25, -0.2) is 0 Å². The Labute approximate surface area is 82.9 Å². The van der Waals surface area contributed by atoms with Crippen LogP contribution in [-0.4, -0.2) is 35.6 Å². The molecule has 80 valence electrons. The van der Waals surface area contributed by atoms with Crippen LogP contribution in [0.2, 0.25) is 0 Å². The smallest absolute Gasteiger partial charge is 0.245 e. The van der Waals surface area contributed by atoms with Crippen LogP contribution in [0.5, 0.6) is 0 Å². The highest BCUT2D eigenvalue weighted by Crippen LogP contribution is 2.11. The van der Waals surface area contributed by atoms with E-state index in [0.29, 0.717) is 0 Å². The number of carbonyl (C=O) groups is 2. The summed E-state index contributed by atoms with van der Waals surface area (Å²) in [5.41, 5.74) is 0. The van der Waals surface area contributed by atoms with Gasteiger partial charge in [-0.05, 0) is 5.92 Å². The van der Waals surface area contributed by atoms with Gasteiger partial charge in [0.1, 0.15) is 12.1 Å². The molecule has 5 heteroatoms. The van der Waals surface area contributed by atoms with Gasteiger partial charge in [-0.1, -0.05) is 20.3 Å². The lowest BCUT2D eigenvalue weighted by molar-refractivity contribution is -0.139. The van der Waals surface area contributed by atoms with Crippen LogP contribution in [0, 0.1) is 5.92 Å². The summed E-state index contributed by atoms with van der Waals surface area (Å²) >= 11 is 0. The molecular formula is C9H16N2O3. The van der Waals surface area contributed by atoms with E-state index in [1.54, 1.807) is 0 Å². The van der Waals surface area contributed by atoms with Crippen molar-refractivity contribution in [2.24, 2.45) is 5.92 Å². The van der Waals surface area contributed by atoms with Crippen molar-refractivity contribution in [1.29, 1.82) is 0 Å². The van der Waals surface area contributed by atoms with Crippen LogP contribution in [0.3, 0.4) is 0 Å². The summed E-state index contributed by atoms with van der Waals surface area (Å²) in [7, 11) is 0. The zero-order valence-corrected chi connectivity index (χ0v) is 8.41. The van der Waals surface area contributed by atoms with Gasteiger partial charge in [0.2, 0.25) is 11.8 Å². The molecule has 1 fully saturated rings. The second-order valence-electron chi connectivity index (χ2n) is 3.62. The fourth-order valence-electron chi connectivity index (χ4n) is 1.41. The summed E-state index contributed by atoms with van der Waals surface area (Å²) in [6.07, 6.45) is 0.822. The van der Waals surface area contributed by atoms with Crippen molar-refractivity contribution in [1.82, 2.24) is 10.6 Å². The minimum atomic E-state index is -0.789. The summed E-state index contributed by atoms with van der Waals surface area (Å²) in [6, 6.07) is -1.25. The molecule has 0 unspecified atom stereocenters. The topological polar surface area (TPSA) is 78.4 Å². The van der Waals surface area contributed by atoms with Gasteiger partial charge in [0.25, 0.3) is 0 Å². The summed E-state index contributed by atoms with van der Waals surface area (Å²) in [6.45, 7) is 3.51. The van der Waals surface area contributed by atoms with Gasteiger partial charge in [0, 0.05) is 0 Å². The third-order valence-electron chi connectivity index (χ3n) is 2.61. The third-order valence-corrected chi connectivity index (χ3v) is 2.61. The number of carbonyl (C=O) groups excluding carboxylic acids is 2. The van der Waals surface area contributed by atoms with Crippen molar-refractivity contribution in [3.63, 3.8) is 0 Å². The summed E-state index contributed by atoms with van der Waals surface area (Å²) in [4.78, 5) is 22.8. The minimum Gasteiger partial charge on any atom is -0.394 e. The number of hydrogen-bond donors (Lipinski definition) is 3. The molecule has 0 saturated carbocycles. The lowest BCUT2D eigenvalue weighted by atomic mass is 9.96. The van der Waals surface area contributed by atoms with E-state index in [9.17, 15) is 9.59 Å². The number of aliphatic hydroxyl groups excluding tert-OH is 1. The molecule has 2 amide bonds. The Morgan fingerprint density at radius 3 is 2.50 bits per heavy atom. The number of hydrogen-bond acceptors (Lipinski definition) is 3. The molecule has 1 aliphatic heterocycles. The number of piperazine rings is 1. The molecule has 3 N–H and O–H groups in total. The van der Waals surface area contributed by atoms with E-state index >= 15 is 0 Å². The van der Waals surface area contributed by atoms with Crippen molar-refractivity contribution in [3.8, 4) is 0 Å². The summed E-state index contributed by atoms with van der Waals surface area (Å²) < 4.78 is 0. The summed E-state index contributed by atoms with van der Waals surface area (Å²) in [5, 5.41) is 13.9. The molecule has 14 heavy (non-hydrogen) atoms. The molecule has 0 aromatic carbocycles.